The van der Waals surface area contributed by atoms with Crippen molar-refractivity contribution in [3.8, 4) is 11.5 Å². The fourth-order valence-corrected chi connectivity index (χ4v) is 6.22. The molecule has 8 nitrogen and oxygen atoms in total. The molecule has 0 bridgehead atoms. The Kier molecular flexibility index (Phi) is 7.25. The number of fused-ring (bicyclic) bond motifs is 2. The van der Waals surface area contributed by atoms with Gasteiger partial charge >= 0.3 is 5.97 Å². The SMILES string of the molecule is O=C(O)c1ccc2nc(CC3CCC(c4cccc5c4OC(c4ccc(Cl)cc4F)CO5)CO3)n(C[C@@H]3CCO3)c2c1. The van der Waals surface area contributed by atoms with Crippen molar-refractivity contribution in [2.45, 2.75) is 56.5 Å². The second-order valence-corrected chi connectivity index (χ2v) is 11.6. The maximum absolute atomic E-state index is 14.7. The lowest BCUT2D eigenvalue weighted by atomic mass is 9.89. The Bertz CT molecular complexity index is 1650. The van der Waals surface area contributed by atoms with E-state index in [9.17, 15) is 14.3 Å². The van der Waals surface area contributed by atoms with Crippen LogP contribution in [0.4, 0.5) is 4.39 Å². The van der Waals surface area contributed by atoms with Gasteiger partial charge in [0.05, 0.1) is 42.0 Å². The fraction of sp³-hybridized carbons (Fsp3) is 0.375. The van der Waals surface area contributed by atoms with E-state index in [2.05, 4.69) is 4.57 Å². The molecule has 4 aromatic rings. The number of carboxylic acid groups (broad SMARTS) is 1. The van der Waals surface area contributed by atoms with Crippen LogP contribution in [0, 0.1) is 5.82 Å². The topological polar surface area (TPSA) is 92.0 Å². The molecule has 2 fully saturated rings. The molecule has 0 aliphatic carbocycles. The first-order valence-corrected chi connectivity index (χ1v) is 14.6. The number of benzene rings is 3. The molecule has 4 heterocycles. The first-order valence-electron chi connectivity index (χ1n) is 14.3. The minimum Gasteiger partial charge on any atom is -0.485 e. The molecule has 42 heavy (non-hydrogen) atoms. The predicted octanol–water partition coefficient (Wildman–Crippen LogP) is 6.33. The van der Waals surface area contributed by atoms with E-state index in [0.29, 0.717) is 41.7 Å². The lowest BCUT2D eigenvalue weighted by molar-refractivity contribution is -0.0594. The van der Waals surface area contributed by atoms with E-state index in [1.54, 1.807) is 30.3 Å². The summed E-state index contributed by atoms with van der Waals surface area (Å²) in [7, 11) is 0. The highest BCUT2D eigenvalue weighted by atomic mass is 35.5. The van der Waals surface area contributed by atoms with Crippen LogP contribution >= 0.6 is 11.6 Å². The Labute approximate surface area is 246 Å². The van der Waals surface area contributed by atoms with Gasteiger partial charge in [0.25, 0.3) is 0 Å². The summed E-state index contributed by atoms with van der Waals surface area (Å²) in [6, 6.07) is 15.5. The molecular weight excluding hydrogens is 563 g/mol. The fourth-order valence-electron chi connectivity index (χ4n) is 6.06. The van der Waals surface area contributed by atoms with Crippen LogP contribution in [0.15, 0.2) is 54.6 Å². The Morgan fingerprint density at radius 1 is 1.02 bits per heavy atom. The Balaban J connectivity index is 1.07. The normalized spacial score (nSPS) is 23.5. The Morgan fingerprint density at radius 2 is 1.90 bits per heavy atom. The van der Waals surface area contributed by atoms with Gasteiger partial charge in [-0.3, -0.25) is 0 Å². The largest absolute Gasteiger partial charge is 0.485 e. The van der Waals surface area contributed by atoms with Gasteiger partial charge < -0.3 is 28.6 Å². The van der Waals surface area contributed by atoms with Crippen molar-refractivity contribution in [2.75, 3.05) is 19.8 Å². The molecular formula is C32H30ClFN2O6. The van der Waals surface area contributed by atoms with Crippen LogP contribution in [0.5, 0.6) is 11.5 Å². The molecule has 7 rings (SSSR count). The van der Waals surface area contributed by atoms with Crippen LogP contribution in [0.3, 0.4) is 0 Å². The van der Waals surface area contributed by atoms with Crippen LogP contribution in [0.1, 0.15) is 58.6 Å². The molecule has 2 saturated heterocycles. The minimum absolute atomic E-state index is 0.0364. The highest BCUT2D eigenvalue weighted by Crippen LogP contribution is 2.44. The van der Waals surface area contributed by atoms with E-state index in [-0.39, 0.29) is 30.3 Å². The third kappa shape index (κ3) is 5.21. The van der Waals surface area contributed by atoms with Crippen LogP contribution in [0.2, 0.25) is 5.02 Å². The lowest BCUT2D eigenvalue weighted by Crippen LogP contribution is -2.33. The van der Waals surface area contributed by atoms with E-state index in [1.807, 2.05) is 18.2 Å². The number of nitrogens with zero attached hydrogens (tertiary/aromatic N) is 2. The zero-order valence-electron chi connectivity index (χ0n) is 22.8. The molecule has 0 saturated carbocycles. The van der Waals surface area contributed by atoms with Crippen molar-refractivity contribution in [3.05, 3.63) is 88.0 Å². The van der Waals surface area contributed by atoms with Crippen LogP contribution < -0.4 is 9.47 Å². The number of aromatic nitrogens is 2. The number of rotatable bonds is 7. The van der Waals surface area contributed by atoms with E-state index >= 15 is 0 Å². The summed E-state index contributed by atoms with van der Waals surface area (Å²) in [5, 5.41) is 9.85. The number of hydrogen-bond donors (Lipinski definition) is 1. The van der Waals surface area contributed by atoms with E-state index < -0.39 is 17.9 Å². The Morgan fingerprint density at radius 3 is 2.64 bits per heavy atom. The number of carbonyl (C=O) groups is 1. The summed E-state index contributed by atoms with van der Waals surface area (Å²) in [4.78, 5) is 16.5. The number of imidazole rings is 1. The summed E-state index contributed by atoms with van der Waals surface area (Å²) < 4.78 is 41.2. The molecule has 0 radical (unpaired) electrons. The molecule has 3 aliphatic rings. The molecule has 3 aliphatic heterocycles. The molecule has 1 aromatic heterocycles. The van der Waals surface area contributed by atoms with Gasteiger partial charge in [-0.25, -0.2) is 14.2 Å². The second kappa shape index (κ2) is 11.2. The Hall–Kier alpha value is -3.66. The monoisotopic (exact) mass is 592 g/mol. The quantitative estimate of drug-likeness (QED) is 0.268. The van der Waals surface area contributed by atoms with E-state index in [0.717, 1.165) is 48.3 Å². The molecule has 1 N–H and O–H groups in total. The summed E-state index contributed by atoms with van der Waals surface area (Å²) in [5.41, 5.74) is 3.20. The van der Waals surface area contributed by atoms with Crippen LogP contribution in [-0.2, 0) is 22.4 Å². The number of hydrogen-bond acceptors (Lipinski definition) is 6. The molecule has 0 amide bonds. The molecule has 218 valence electrons. The average molecular weight is 593 g/mol. The standard InChI is InChI=1S/C32H30ClFN2O6/c33-20-6-8-24(25(34)13-20)29-17-41-28-3-1-2-23(31(28)42-29)19-4-7-21(40-16-19)14-30-35-26-9-5-18(32(37)38)12-27(26)36(30)15-22-10-11-39-22/h1-3,5-6,8-9,12-13,19,21-22,29H,4,7,10-11,14-17H2,(H,37,38)/t19?,21?,22-,29?/m0/s1. The molecule has 3 aromatic carbocycles. The van der Waals surface area contributed by atoms with Crippen LogP contribution in [-0.4, -0.2) is 52.7 Å². The summed E-state index contributed by atoms with van der Waals surface area (Å²) in [5.74, 6) is 0.853. The average Bonchev–Trinajstić information content (AvgIpc) is 3.30. The van der Waals surface area contributed by atoms with Gasteiger partial charge in [-0.15, -0.1) is 0 Å². The first-order chi connectivity index (χ1) is 20.4. The summed E-state index contributed by atoms with van der Waals surface area (Å²) in [6.07, 6.45) is 2.75. The zero-order chi connectivity index (χ0) is 28.8. The number of para-hydroxylation sites is 1. The van der Waals surface area contributed by atoms with Gasteiger partial charge in [0.2, 0.25) is 0 Å². The van der Waals surface area contributed by atoms with Crippen molar-refractivity contribution >= 4 is 28.6 Å². The third-order valence-corrected chi connectivity index (χ3v) is 8.68. The maximum Gasteiger partial charge on any atom is 0.335 e. The summed E-state index contributed by atoms with van der Waals surface area (Å²) in [6.45, 7) is 2.08. The molecule has 4 atom stereocenters. The van der Waals surface area contributed by atoms with Gasteiger partial charge in [-0.1, -0.05) is 29.8 Å². The molecule has 3 unspecified atom stereocenters. The molecule has 0 spiro atoms. The first kappa shape index (κ1) is 27.2. The van der Waals surface area contributed by atoms with Crippen LogP contribution in [0.25, 0.3) is 11.0 Å². The lowest BCUT2D eigenvalue weighted by Gasteiger charge is -2.33. The van der Waals surface area contributed by atoms with Crippen molar-refractivity contribution in [3.63, 3.8) is 0 Å². The number of ether oxygens (including phenoxy) is 4. The maximum atomic E-state index is 14.7. The highest BCUT2D eigenvalue weighted by molar-refractivity contribution is 6.30. The zero-order valence-corrected chi connectivity index (χ0v) is 23.6. The van der Waals surface area contributed by atoms with E-state index in [4.69, 9.17) is 35.5 Å². The number of carboxylic acids is 1. The van der Waals surface area contributed by atoms with Gasteiger partial charge in [0.1, 0.15) is 18.2 Å². The van der Waals surface area contributed by atoms with Crippen molar-refractivity contribution in [2.24, 2.45) is 0 Å². The summed E-state index contributed by atoms with van der Waals surface area (Å²) >= 11 is 5.95. The predicted molar refractivity (Wildman–Crippen MR) is 153 cm³/mol. The van der Waals surface area contributed by atoms with E-state index in [1.165, 1.54) is 6.07 Å². The van der Waals surface area contributed by atoms with Crippen molar-refractivity contribution in [1.29, 1.82) is 0 Å². The minimum atomic E-state index is -0.963. The van der Waals surface area contributed by atoms with Crippen molar-refractivity contribution < 1.29 is 33.2 Å². The van der Waals surface area contributed by atoms with Gasteiger partial charge in [-0.05, 0) is 55.7 Å². The second-order valence-electron chi connectivity index (χ2n) is 11.1. The van der Waals surface area contributed by atoms with Gasteiger partial charge in [-0.2, -0.15) is 0 Å². The highest BCUT2D eigenvalue weighted by Gasteiger charge is 2.32. The van der Waals surface area contributed by atoms with Gasteiger partial charge in [0.15, 0.2) is 17.6 Å². The van der Waals surface area contributed by atoms with Crippen molar-refractivity contribution in [1.82, 2.24) is 9.55 Å². The third-order valence-electron chi connectivity index (χ3n) is 8.44. The van der Waals surface area contributed by atoms with Gasteiger partial charge in [0, 0.05) is 35.1 Å². The smallest absolute Gasteiger partial charge is 0.335 e. The number of aromatic carboxylic acids is 1. The number of halogens is 2. The molecule has 10 heteroatoms.